The van der Waals surface area contributed by atoms with E-state index in [9.17, 15) is 0 Å². The molecular formula is C38H62N6OS2. The van der Waals surface area contributed by atoms with Crippen LogP contribution in [0.25, 0.3) is 0 Å². The molecule has 0 amide bonds. The number of ether oxygens (including phenoxy) is 1. The standard InChI is InChI=1S/C38H62N6OS2/c1-31-14-19-37(38(28-31)45-6)41-24-26-42(27-25-41)47-44-23-11-21-40(33(3)34-12-8-7-9-13-34)20-10-22-43(29-32(2)30-44)46-36-17-15-35(16-18-36)39(4)5/h14-19,28,32-34H,7-13,20-27,29-30H2,1-6H3. The molecule has 0 bridgehead atoms. The maximum absolute atomic E-state index is 5.75. The highest BCUT2D eigenvalue weighted by molar-refractivity contribution is 7.97. The number of nitrogens with zero attached hydrogens (tertiary/aromatic N) is 6. The Balaban J connectivity index is 1.24. The minimum Gasteiger partial charge on any atom is -0.495 e. The van der Waals surface area contributed by atoms with Crippen molar-refractivity contribution >= 4 is 35.5 Å². The highest BCUT2D eigenvalue weighted by Crippen LogP contribution is 2.33. The van der Waals surface area contributed by atoms with Gasteiger partial charge in [0.05, 0.1) is 12.8 Å². The number of rotatable bonds is 9. The van der Waals surface area contributed by atoms with Crippen LogP contribution in [0.3, 0.4) is 0 Å². The molecule has 0 aromatic heterocycles. The summed E-state index contributed by atoms with van der Waals surface area (Å²) in [5.74, 6) is 2.45. The van der Waals surface area contributed by atoms with E-state index in [2.05, 4.69) is 105 Å². The lowest BCUT2D eigenvalue weighted by molar-refractivity contribution is 0.120. The monoisotopic (exact) mass is 682 g/mol. The zero-order valence-corrected chi connectivity index (χ0v) is 31.8. The van der Waals surface area contributed by atoms with Crippen LogP contribution >= 0.6 is 24.1 Å². The fraction of sp³-hybridized carbons (Fsp3) is 0.684. The molecule has 2 unspecified atom stereocenters. The zero-order chi connectivity index (χ0) is 33.2. The summed E-state index contributed by atoms with van der Waals surface area (Å²) in [6.07, 6.45) is 9.60. The Morgan fingerprint density at radius 3 is 2.09 bits per heavy atom. The third-order valence-electron chi connectivity index (χ3n) is 10.4. The van der Waals surface area contributed by atoms with Gasteiger partial charge in [0.25, 0.3) is 0 Å². The van der Waals surface area contributed by atoms with E-state index in [0.29, 0.717) is 12.0 Å². The number of anilines is 2. The predicted octanol–water partition coefficient (Wildman–Crippen LogP) is 7.77. The molecule has 2 aliphatic heterocycles. The number of methoxy groups -OCH3 is 1. The van der Waals surface area contributed by atoms with E-state index in [1.807, 2.05) is 24.1 Å². The average Bonchev–Trinajstić information content (AvgIpc) is 3.07. The van der Waals surface area contributed by atoms with Crippen LogP contribution in [0.2, 0.25) is 0 Å². The molecule has 1 saturated carbocycles. The molecule has 47 heavy (non-hydrogen) atoms. The molecule has 2 heterocycles. The molecular weight excluding hydrogens is 621 g/mol. The Morgan fingerprint density at radius 2 is 1.43 bits per heavy atom. The van der Waals surface area contributed by atoms with E-state index in [-0.39, 0.29) is 0 Å². The van der Waals surface area contributed by atoms with E-state index >= 15 is 0 Å². The maximum atomic E-state index is 5.75. The Bertz CT molecular complexity index is 1200. The van der Waals surface area contributed by atoms with Crippen molar-refractivity contribution in [3.05, 3.63) is 48.0 Å². The van der Waals surface area contributed by atoms with Crippen molar-refractivity contribution in [1.29, 1.82) is 0 Å². The summed E-state index contributed by atoms with van der Waals surface area (Å²) in [7, 11) is 6.02. The molecule has 262 valence electrons. The summed E-state index contributed by atoms with van der Waals surface area (Å²) in [6, 6.07) is 16.4. The molecule has 5 rings (SSSR count). The van der Waals surface area contributed by atoms with Gasteiger partial charge < -0.3 is 19.4 Å². The summed E-state index contributed by atoms with van der Waals surface area (Å²) in [5, 5.41) is 0. The maximum Gasteiger partial charge on any atom is 0.142 e. The third kappa shape index (κ3) is 10.9. The summed E-state index contributed by atoms with van der Waals surface area (Å²) in [5.41, 5.74) is 3.73. The minimum atomic E-state index is 0.589. The van der Waals surface area contributed by atoms with Crippen molar-refractivity contribution in [3.63, 3.8) is 0 Å². The molecule has 0 radical (unpaired) electrons. The quantitative estimate of drug-likeness (QED) is 0.246. The molecule has 1 aliphatic carbocycles. The van der Waals surface area contributed by atoms with Gasteiger partial charge in [-0.25, -0.2) is 12.9 Å². The smallest absolute Gasteiger partial charge is 0.142 e. The number of benzene rings is 2. The third-order valence-corrected chi connectivity index (χ3v) is 12.6. The van der Waals surface area contributed by atoms with Gasteiger partial charge in [-0.1, -0.05) is 32.3 Å². The van der Waals surface area contributed by atoms with Crippen LogP contribution in [-0.2, 0) is 0 Å². The second-order valence-electron chi connectivity index (χ2n) is 14.4. The van der Waals surface area contributed by atoms with Gasteiger partial charge in [-0.15, -0.1) is 0 Å². The van der Waals surface area contributed by atoms with Gasteiger partial charge in [0.1, 0.15) is 5.75 Å². The van der Waals surface area contributed by atoms with Crippen molar-refractivity contribution in [1.82, 2.24) is 17.8 Å². The van der Waals surface area contributed by atoms with Gasteiger partial charge >= 0.3 is 0 Å². The molecule has 2 aromatic carbocycles. The van der Waals surface area contributed by atoms with E-state index in [1.165, 1.54) is 79.9 Å². The van der Waals surface area contributed by atoms with Crippen LogP contribution in [0.15, 0.2) is 47.4 Å². The Hall–Kier alpha value is -1.62. The molecule has 0 N–H and O–H groups in total. The lowest BCUT2D eigenvalue weighted by atomic mass is 9.84. The van der Waals surface area contributed by atoms with Crippen LogP contribution in [0.4, 0.5) is 11.4 Å². The second kappa shape index (κ2) is 18.4. The average molecular weight is 683 g/mol. The molecule has 2 aromatic rings. The van der Waals surface area contributed by atoms with Crippen LogP contribution in [-0.4, -0.2) is 111 Å². The molecule has 2 saturated heterocycles. The van der Waals surface area contributed by atoms with E-state index in [4.69, 9.17) is 4.74 Å². The first kappa shape index (κ1) is 36.7. The van der Waals surface area contributed by atoms with Gasteiger partial charge in [0, 0.05) is 95.2 Å². The zero-order valence-electron chi connectivity index (χ0n) is 30.2. The van der Waals surface area contributed by atoms with Gasteiger partial charge in [-0.3, -0.25) is 0 Å². The highest BCUT2D eigenvalue weighted by atomic mass is 32.2. The fourth-order valence-corrected chi connectivity index (χ4v) is 9.89. The number of aryl methyl sites for hydroxylation is 1. The summed E-state index contributed by atoms with van der Waals surface area (Å²) in [6.45, 7) is 18.2. The van der Waals surface area contributed by atoms with E-state index < -0.39 is 0 Å². The molecule has 0 spiro atoms. The predicted molar refractivity (Wildman–Crippen MR) is 205 cm³/mol. The van der Waals surface area contributed by atoms with E-state index in [1.54, 1.807) is 7.11 Å². The topological polar surface area (TPSA) is 28.7 Å². The molecule has 3 fully saturated rings. The second-order valence-corrected chi connectivity index (χ2v) is 16.8. The highest BCUT2D eigenvalue weighted by Gasteiger charge is 2.27. The Morgan fingerprint density at radius 1 is 0.766 bits per heavy atom. The largest absolute Gasteiger partial charge is 0.495 e. The van der Waals surface area contributed by atoms with Crippen LogP contribution in [0.1, 0.15) is 64.4 Å². The SMILES string of the molecule is COc1cc(C)ccc1N1CCN(SN2CCCN(C(C)C3CCCCC3)CCCN(Sc3ccc(N(C)C)cc3)CC(C)C2)CC1. The first-order valence-electron chi connectivity index (χ1n) is 18.3. The van der Waals surface area contributed by atoms with Crippen LogP contribution < -0.4 is 14.5 Å². The van der Waals surface area contributed by atoms with Crippen molar-refractivity contribution in [2.75, 3.05) is 96.5 Å². The Kier molecular flexibility index (Phi) is 14.3. The molecule has 7 nitrogen and oxygen atoms in total. The van der Waals surface area contributed by atoms with Gasteiger partial charge in [-0.05, 0) is 118 Å². The van der Waals surface area contributed by atoms with Crippen molar-refractivity contribution < 1.29 is 4.74 Å². The lowest BCUT2D eigenvalue weighted by Crippen LogP contribution is -2.46. The van der Waals surface area contributed by atoms with Crippen molar-refractivity contribution in [2.45, 2.75) is 76.7 Å². The first-order valence-corrected chi connectivity index (χ1v) is 19.8. The molecule has 2 atom stereocenters. The number of piperazine rings is 1. The summed E-state index contributed by atoms with van der Waals surface area (Å²) in [4.78, 5) is 8.89. The van der Waals surface area contributed by atoms with Gasteiger partial charge in [-0.2, -0.15) is 0 Å². The summed E-state index contributed by atoms with van der Waals surface area (Å²) < 4.78 is 13.7. The summed E-state index contributed by atoms with van der Waals surface area (Å²) >= 11 is 3.97. The van der Waals surface area contributed by atoms with Crippen molar-refractivity contribution in [3.8, 4) is 5.75 Å². The normalized spacial score (nSPS) is 23.2. The van der Waals surface area contributed by atoms with Crippen LogP contribution in [0.5, 0.6) is 5.75 Å². The first-order chi connectivity index (χ1) is 22.8. The van der Waals surface area contributed by atoms with Crippen LogP contribution in [0, 0.1) is 18.8 Å². The molecule has 3 aliphatic rings. The lowest BCUT2D eigenvalue weighted by Gasteiger charge is -2.40. The number of hydrogen-bond donors (Lipinski definition) is 0. The Labute approximate surface area is 295 Å². The molecule has 9 heteroatoms. The number of hydrogen-bond acceptors (Lipinski definition) is 9. The van der Waals surface area contributed by atoms with E-state index in [0.717, 1.165) is 64.0 Å². The fourth-order valence-electron chi connectivity index (χ4n) is 7.60. The minimum absolute atomic E-state index is 0.589. The van der Waals surface area contributed by atoms with Gasteiger partial charge in [0.15, 0.2) is 0 Å². The van der Waals surface area contributed by atoms with Crippen molar-refractivity contribution in [2.24, 2.45) is 11.8 Å². The van der Waals surface area contributed by atoms with Gasteiger partial charge in [0.2, 0.25) is 0 Å².